The molecule has 5 heteroatoms. The first-order valence-corrected chi connectivity index (χ1v) is 7.97. The Bertz CT molecular complexity index is 680. The van der Waals surface area contributed by atoms with Gasteiger partial charge in [0.1, 0.15) is 11.2 Å². The van der Waals surface area contributed by atoms with Gasteiger partial charge in [0.2, 0.25) is 0 Å². The molecule has 22 heavy (non-hydrogen) atoms. The number of nitrogens with one attached hydrogen (secondary N) is 1. The molecule has 0 bridgehead atoms. The molecule has 0 spiro atoms. The summed E-state index contributed by atoms with van der Waals surface area (Å²) in [5.74, 6) is 0.438. The van der Waals surface area contributed by atoms with Crippen molar-refractivity contribution in [3.05, 3.63) is 24.0 Å². The van der Waals surface area contributed by atoms with Gasteiger partial charge in [-0.3, -0.25) is 0 Å². The Morgan fingerprint density at radius 3 is 3.00 bits per heavy atom. The van der Waals surface area contributed by atoms with E-state index in [1.54, 1.807) is 6.20 Å². The zero-order valence-corrected chi connectivity index (χ0v) is 13.4. The van der Waals surface area contributed by atoms with Crippen molar-refractivity contribution in [2.45, 2.75) is 39.2 Å². The van der Waals surface area contributed by atoms with Gasteiger partial charge in [0, 0.05) is 30.9 Å². The SMILES string of the molecule is CCOC(=O)c1cnc2[nH]ccc2c1N(C)[C@@H]1CC[C@@H](C)C1. The van der Waals surface area contributed by atoms with E-state index in [1.165, 1.54) is 6.42 Å². The van der Waals surface area contributed by atoms with Gasteiger partial charge >= 0.3 is 5.97 Å². The Balaban J connectivity index is 2.06. The molecule has 0 saturated heterocycles. The Kier molecular flexibility index (Phi) is 4.05. The number of hydrogen-bond donors (Lipinski definition) is 1. The van der Waals surface area contributed by atoms with Gasteiger partial charge in [0.25, 0.3) is 0 Å². The number of hydrogen-bond acceptors (Lipinski definition) is 4. The predicted octanol–water partition coefficient (Wildman–Crippen LogP) is 3.36. The summed E-state index contributed by atoms with van der Waals surface area (Å²) < 4.78 is 5.21. The molecule has 0 unspecified atom stereocenters. The molecule has 0 radical (unpaired) electrons. The van der Waals surface area contributed by atoms with E-state index in [1.807, 2.05) is 19.2 Å². The normalized spacial score (nSPS) is 21.2. The van der Waals surface area contributed by atoms with Gasteiger partial charge in [-0.1, -0.05) is 6.92 Å². The molecule has 2 aromatic heterocycles. The highest BCUT2D eigenvalue weighted by Gasteiger charge is 2.29. The number of nitrogens with zero attached hydrogens (tertiary/aromatic N) is 2. The first kappa shape index (κ1) is 14.9. The lowest BCUT2D eigenvalue weighted by Gasteiger charge is -2.29. The van der Waals surface area contributed by atoms with Gasteiger partial charge in [-0.05, 0) is 38.2 Å². The summed E-state index contributed by atoms with van der Waals surface area (Å²) in [6, 6.07) is 2.44. The van der Waals surface area contributed by atoms with Crippen LogP contribution in [0.1, 0.15) is 43.5 Å². The van der Waals surface area contributed by atoms with Crippen LogP contribution < -0.4 is 4.90 Å². The van der Waals surface area contributed by atoms with Crippen LogP contribution in [0, 0.1) is 5.92 Å². The third-order valence-corrected chi connectivity index (χ3v) is 4.62. The second kappa shape index (κ2) is 5.99. The van der Waals surface area contributed by atoms with Crippen LogP contribution >= 0.6 is 0 Å². The van der Waals surface area contributed by atoms with Crippen LogP contribution in [0.3, 0.4) is 0 Å². The largest absolute Gasteiger partial charge is 0.462 e. The number of H-pyrrole nitrogens is 1. The number of anilines is 1. The Morgan fingerprint density at radius 1 is 1.50 bits per heavy atom. The van der Waals surface area contributed by atoms with Gasteiger partial charge in [-0.2, -0.15) is 0 Å². The third-order valence-electron chi connectivity index (χ3n) is 4.62. The number of ether oxygens (including phenoxy) is 1. The van der Waals surface area contributed by atoms with Gasteiger partial charge < -0.3 is 14.6 Å². The number of aromatic amines is 1. The third kappa shape index (κ3) is 2.56. The zero-order chi connectivity index (χ0) is 15.7. The maximum Gasteiger partial charge on any atom is 0.341 e. The molecule has 1 aliphatic rings. The highest BCUT2D eigenvalue weighted by atomic mass is 16.5. The maximum atomic E-state index is 12.3. The minimum absolute atomic E-state index is 0.300. The van der Waals surface area contributed by atoms with E-state index < -0.39 is 0 Å². The molecule has 1 saturated carbocycles. The van der Waals surface area contributed by atoms with Crippen LogP contribution in [0.2, 0.25) is 0 Å². The van der Waals surface area contributed by atoms with E-state index in [4.69, 9.17) is 4.74 Å². The summed E-state index contributed by atoms with van der Waals surface area (Å²) >= 11 is 0. The van der Waals surface area contributed by atoms with Crippen molar-refractivity contribution in [2.75, 3.05) is 18.6 Å². The fourth-order valence-corrected chi connectivity index (χ4v) is 3.44. The van der Waals surface area contributed by atoms with Crippen molar-refractivity contribution < 1.29 is 9.53 Å². The number of rotatable bonds is 4. The minimum Gasteiger partial charge on any atom is -0.462 e. The lowest BCUT2D eigenvalue weighted by Crippen LogP contribution is -2.31. The summed E-state index contributed by atoms with van der Waals surface area (Å²) in [7, 11) is 2.08. The Hall–Kier alpha value is -2.04. The second-order valence-electron chi connectivity index (χ2n) is 6.16. The smallest absolute Gasteiger partial charge is 0.341 e. The lowest BCUT2D eigenvalue weighted by molar-refractivity contribution is 0.0527. The van der Waals surface area contributed by atoms with Gasteiger partial charge in [0.05, 0.1) is 12.3 Å². The summed E-state index contributed by atoms with van der Waals surface area (Å²) in [4.78, 5) is 22.0. The topological polar surface area (TPSA) is 58.2 Å². The first-order valence-electron chi connectivity index (χ1n) is 7.97. The predicted molar refractivity (Wildman–Crippen MR) is 87.3 cm³/mol. The number of carbonyl (C=O) groups excluding carboxylic acids is 1. The van der Waals surface area contributed by atoms with Crippen molar-refractivity contribution >= 4 is 22.7 Å². The molecule has 0 aliphatic heterocycles. The standard InChI is InChI=1S/C17H23N3O2/c1-4-22-17(21)14-10-19-16-13(7-8-18-16)15(14)20(3)12-6-5-11(2)9-12/h7-8,10-12H,4-6,9H2,1-3H3,(H,18,19)/t11-,12-/m1/s1. The van der Waals surface area contributed by atoms with Gasteiger partial charge in [0.15, 0.2) is 0 Å². The monoisotopic (exact) mass is 301 g/mol. The van der Waals surface area contributed by atoms with Crippen molar-refractivity contribution in [1.29, 1.82) is 0 Å². The van der Waals surface area contributed by atoms with Crippen molar-refractivity contribution in [3.63, 3.8) is 0 Å². The minimum atomic E-state index is -0.300. The van der Waals surface area contributed by atoms with Crippen molar-refractivity contribution in [3.8, 4) is 0 Å². The molecule has 1 N–H and O–H groups in total. The van der Waals surface area contributed by atoms with Crippen LogP contribution in [0.4, 0.5) is 5.69 Å². The summed E-state index contributed by atoms with van der Waals surface area (Å²) in [5, 5.41) is 0.979. The van der Waals surface area contributed by atoms with Crippen LogP contribution in [0.15, 0.2) is 18.5 Å². The van der Waals surface area contributed by atoms with Gasteiger partial charge in [-0.15, -0.1) is 0 Å². The van der Waals surface area contributed by atoms with Crippen LogP contribution in [-0.2, 0) is 4.74 Å². The Morgan fingerprint density at radius 2 is 2.32 bits per heavy atom. The molecule has 3 rings (SSSR count). The number of pyridine rings is 1. The summed E-state index contributed by atoms with van der Waals surface area (Å²) in [6.07, 6.45) is 7.05. The van der Waals surface area contributed by atoms with E-state index in [0.717, 1.165) is 35.5 Å². The molecule has 2 atom stereocenters. The van der Waals surface area contributed by atoms with Crippen molar-refractivity contribution in [1.82, 2.24) is 9.97 Å². The maximum absolute atomic E-state index is 12.3. The number of aromatic nitrogens is 2. The van der Waals surface area contributed by atoms with E-state index in [2.05, 4.69) is 28.8 Å². The fraction of sp³-hybridized carbons (Fsp3) is 0.529. The lowest BCUT2D eigenvalue weighted by atomic mass is 10.1. The zero-order valence-electron chi connectivity index (χ0n) is 13.4. The highest BCUT2D eigenvalue weighted by Crippen LogP contribution is 2.36. The molecule has 1 aliphatic carbocycles. The molecule has 0 amide bonds. The average Bonchev–Trinajstić information content (AvgIpc) is 3.14. The fourth-order valence-electron chi connectivity index (χ4n) is 3.44. The summed E-state index contributed by atoms with van der Waals surface area (Å²) in [5.41, 5.74) is 2.29. The molecule has 118 valence electrons. The molecule has 2 aromatic rings. The molecule has 5 nitrogen and oxygen atoms in total. The van der Waals surface area contributed by atoms with Crippen LogP contribution in [0.25, 0.3) is 11.0 Å². The second-order valence-corrected chi connectivity index (χ2v) is 6.16. The summed E-state index contributed by atoms with van der Waals surface area (Å²) in [6.45, 7) is 4.48. The van der Waals surface area contributed by atoms with E-state index in [9.17, 15) is 4.79 Å². The molecule has 1 fully saturated rings. The van der Waals surface area contributed by atoms with E-state index >= 15 is 0 Å². The quantitative estimate of drug-likeness (QED) is 0.880. The molecule has 0 aromatic carbocycles. The van der Waals surface area contributed by atoms with E-state index in [-0.39, 0.29) is 5.97 Å². The first-order chi connectivity index (χ1) is 10.6. The Labute approximate surface area is 130 Å². The molecular weight excluding hydrogens is 278 g/mol. The number of carbonyl (C=O) groups is 1. The number of fused-ring (bicyclic) bond motifs is 1. The average molecular weight is 301 g/mol. The molecule has 2 heterocycles. The van der Waals surface area contributed by atoms with Gasteiger partial charge in [-0.25, -0.2) is 9.78 Å². The van der Waals surface area contributed by atoms with E-state index in [0.29, 0.717) is 18.2 Å². The molecular formula is C17H23N3O2. The van der Waals surface area contributed by atoms with Crippen LogP contribution in [0.5, 0.6) is 0 Å². The van der Waals surface area contributed by atoms with Crippen molar-refractivity contribution in [2.24, 2.45) is 5.92 Å². The number of esters is 1. The van der Waals surface area contributed by atoms with Crippen LogP contribution in [-0.4, -0.2) is 35.6 Å². The highest BCUT2D eigenvalue weighted by molar-refractivity contribution is 6.04.